The molecule has 0 saturated carbocycles. The van der Waals surface area contributed by atoms with Crippen LogP contribution in [0.3, 0.4) is 0 Å². The average molecular weight is 272 g/mol. The van der Waals surface area contributed by atoms with Crippen LogP contribution in [-0.4, -0.2) is 41.6 Å². The third kappa shape index (κ3) is 2.15. The number of carbonyl (C=O) groups excluding carboxylic acids is 1. The Kier molecular flexibility index (Phi) is 3.18. The molecule has 1 N–H and O–H groups in total. The van der Waals surface area contributed by atoms with E-state index in [4.69, 9.17) is 5.11 Å². The molecule has 0 aliphatic carbocycles. The average Bonchev–Trinajstić information content (AvgIpc) is 2.90. The number of benzene rings is 1. The first kappa shape index (κ1) is 12.7. The normalized spacial score (nSPS) is 17.2. The van der Waals surface area contributed by atoms with E-state index in [0.717, 1.165) is 30.6 Å². The first-order valence-corrected chi connectivity index (χ1v) is 6.74. The maximum atomic E-state index is 12.5. The first-order chi connectivity index (χ1) is 9.66. The van der Waals surface area contributed by atoms with Gasteiger partial charge in [-0.1, -0.05) is 18.2 Å². The molecule has 3 rings (SSSR count). The summed E-state index contributed by atoms with van der Waals surface area (Å²) in [5, 5.41) is 9.07. The van der Waals surface area contributed by atoms with Gasteiger partial charge in [0.05, 0.1) is 5.56 Å². The minimum Gasteiger partial charge on any atom is -0.478 e. The number of carbonyl (C=O) groups is 2. The Bertz CT molecular complexity index is 595. The predicted molar refractivity (Wildman–Crippen MR) is 75.2 cm³/mol. The highest BCUT2D eigenvalue weighted by molar-refractivity contribution is 5.97. The summed E-state index contributed by atoms with van der Waals surface area (Å²) in [4.78, 5) is 27.1. The van der Waals surface area contributed by atoms with Crippen LogP contribution in [0, 0.1) is 0 Å². The summed E-state index contributed by atoms with van der Waals surface area (Å²) in [7, 11) is 0. The molecule has 0 radical (unpaired) electrons. The van der Waals surface area contributed by atoms with Crippen molar-refractivity contribution in [2.75, 3.05) is 24.5 Å². The fraction of sp³-hybridized carbons (Fsp3) is 0.333. The Morgan fingerprint density at radius 3 is 2.70 bits per heavy atom. The van der Waals surface area contributed by atoms with Gasteiger partial charge in [-0.3, -0.25) is 4.90 Å². The zero-order valence-electron chi connectivity index (χ0n) is 11.1. The lowest BCUT2D eigenvalue weighted by Gasteiger charge is -2.29. The van der Waals surface area contributed by atoms with Crippen LogP contribution >= 0.6 is 0 Å². The van der Waals surface area contributed by atoms with Crippen LogP contribution in [0.2, 0.25) is 0 Å². The van der Waals surface area contributed by atoms with E-state index in [9.17, 15) is 9.59 Å². The number of rotatable bonds is 1. The quantitative estimate of drug-likeness (QED) is 0.797. The summed E-state index contributed by atoms with van der Waals surface area (Å²) < 4.78 is 0. The molecule has 5 nitrogen and oxygen atoms in total. The molecular weight excluding hydrogens is 256 g/mol. The minimum atomic E-state index is -0.965. The molecule has 2 heterocycles. The molecule has 1 aromatic rings. The second-order valence-corrected chi connectivity index (χ2v) is 5.04. The molecule has 0 bridgehead atoms. The number of hydrogen-bond donors (Lipinski definition) is 1. The summed E-state index contributed by atoms with van der Waals surface area (Å²) in [6, 6.07) is 4.97. The standard InChI is InChI=1S/C15H16N2O3/c18-14(19)12-5-4-11-6-9-17(13(11)10-12)15(20)16-7-2-1-3-8-16/h1-2,4-5,10H,3,6-9H2,(H,18,19). The number of carboxylic acid groups (broad SMARTS) is 1. The Morgan fingerprint density at radius 2 is 2.00 bits per heavy atom. The molecule has 0 spiro atoms. The van der Waals surface area contributed by atoms with Crippen molar-refractivity contribution in [1.82, 2.24) is 4.90 Å². The van der Waals surface area contributed by atoms with Crippen molar-refractivity contribution in [3.05, 3.63) is 41.5 Å². The van der Waals surface area contributed by atoms with Crippen LogP contribution in [0.5, 0.6) is 0 Å². The van der Waals surface area contributed by atoms with Crippen molar-refractivity contribution in [2.45, 2.75) is 12.8 Å². The van der Waals surface area contributed by atoms with Gasteiger partial charge in [-0.05, 0) is 30.5 Å². The highest BCUT2D eigenvalue weighted by Gasteiger charge is 2.29. The molecule has 0 saturated heterocycles. The number of fused-ring (bicyclic) bond motifs is 1. The van der Waals surface area contributed by atoms with Crippen LogP contribution in [-0.2, 0) is 6.42 Å². The first-order valence-electron chi connectivity index (χ1n) is 6.74. The van der Waals surface area contributed by atoms with Crippen molar-refractivity contribution >= 4 is 17.7 Å². The van der Waals surface area contributed by atoms with E-state index in [1.807, 2.05) is 12.1 Å². The fourth-order valence-electron chi connectivity index (χ4n) is 2.70. The maximum absolute atomic E-state index is 12.5. The summed E-state index contributed by atoms with van der Waals surface area (Å²) in [5.41, 5.74) is 2.00. The Balaban J connectivity index is 1.87. The molecule has 2 amide bonds. The van der Waals surface area contributed by atoms with Gasteiger partial charge in [0.1, 0.15) is 0 Å². The largest absolute Gasteiger partial charge is 0.478 e. The topological polar surface area (TPSA) is 60.9 Å². The van der Waals surface area contributed by atoms with Gasteiger partial charge in [0.25, 0.3) is 0 Å². The van der Waals surface area contributed by atoms with E-state index in [1.54, 1.807) is 21.9 Å². The van der Waals surface area contributed by atoms with Crippen LogP contribution in [0.25, 0.3) is 0 Å². The number of urea groups is 1. The molecule has 0 unspecified atom stereocenters. The van der Waals surface area contributed by atoms with Gasteiger partial charge in [0, 0.05) is 25.3 Å². The minimum absolute atomic E-state index is 0.0318. The van der Waals surface area contributed by atoms with Gasteiger partial charge in [-0.15, -0.1) is 0 Å². The molecule has 0 atom stereocenters. The predicted octanol–water partition coefficient (Wildman–Crippen LogP) is 2.13. The van der Waals surface area contributed by atoms with Crippen LogP contribution < -0.4 is 4.90 Å². The third-order valence-corrected chi connectivity index (χ3v) is 3.79. The van der Waals surface area contributed by atoms with Crippen LogP contribution in [0.4, 0.5) is 10.5 Å². The fourth-order valence-corrected chi connectivity index (χ4v) is 2.70. The number of anilines is 1. The zero-order valence-corrected chi connectivity index (χ0v) is 11.1. The van der Waals surface area contributed by atoms with Crippen molar-refractivity contribution in [3.63, 3.8) is 0 Å². The van der Waals surface area contributed by atoms with Gasteiger partial charge in [-0.2, -0.15) is 0 Å². The van der Waals surface area contributed by atoms with Crippen molar-refractivity contribution in [2.24, 2.45) is 0 Å². The Hall–Kier alpha value is -2.30. The lowest BCUT2D eigenvalue weighted by molar-refractivity contribution is 0.0697. The second kappa shape index (κ2) is 5.00. The van der Waals surface area contributed by atoms with Gasteiger partial charge in [-0.25, -0.2) is 9.59 Å². The summed E-state index contributed by atoms with van der Waals surface area (Å²) in [6.45, 7) is 1.97. The highest BCUT2D eigenvalue weighted by Crippen LogP contribution is 2.30. The van der Waals surface area contributed by atoms with E-state index < -0.39 is 5.97 Å². The van der Waals surface area contributed by atoms with E-state index in [-0.39, 0.29) is 11.6 Å². The van der Waals surface area contributed by atoms with E-state index in [0.29, 0.717) is 13.1 Å². The number of hydrogen-bond acceptors (Lipinski definition) is 2. The lowest BCUT2D eigenvalue weighted by atomic mass is 10.1. The van der Waals surface area contributed by atoms with E-state index >= 15 is 0 Å². The van der Waals surface area contributed by atoms with Crippen molar-refractivity contribution in [3.8, 4) is 0 Å². The van der Waals surface area contributed by atoms with Crippen molar-refractivity contribution in [1.29, 1.82) is 0 Å². The second-order valence-electron chi connectivity index (χ2n) is 5.04. The Morgan fingerprint density at radius 1 is 1.15 bits per heavy atom. The monoisotopic (exact) mass is 272 g/mol. The molecule has 2 aliphatic rings. The Labute approximate surface area is 117 Å². The zero-order chi connectivity index (χ0) is 14.1. The smallest absolute Gasteiger partial charge is 0.335 e. The van der Waals surface area contributed by atoms with E-state index in [1.165, 1.54) is 0 Å². The number of amides is 2. The highest BCUT2D eigenvalue weighted by atomic mass is 16.4. The summed E-state index contributed by atoms with van der Waals surface area (Å²) in [6.07, 6.45) is 5.72. The SMILES string of the molecule is O=C(O)c1ccc2c(c1)N(C(=O)N1CC=CCC1)CC2. The molecular formula is C15H16N2O3. The molecule has 0 fully saturated rings. The van der Waals surface area contributed by atoms with E-state index in [2.05, 4.69) is 6.08 Å². The molecule has 5 heteroatoms. The number of aromatic carboxylic acids is 1. The molecule has 2 aliphatic heterocycles. The molecule has 20 heavy (non-hydrogen) atoms. The number of nitrogens with zero attached hydrogens (tertiary/aromatic N) is 2. The molecule has 1 aromatic carbocycles. The molecule has 0 aromatic heterocycles. The molecule has 104 valence electrons. The lowest BCUT2D eigenvalue weighted by Crippen LogP contribution is -2.44. The number of carboxylic acids is 1. The third-order valence-electron chi connectivity index (χ3n) is 3.79. The van der Waals surface area contributed by atoms with Crippen LogP contribution in [0.1, 0.15) is 22.3 Å². The van der Waals surface area contributed by atoms with Crippen molar-refractivity contribution < 1.29 is 14.7 Å². The van der Waals surface area contributed by atoms with Crippen LogP contribution in [0.15, 0.2) is 30.4 Å². The van der Waals surface area contributed by atoms with Gasteiger partial charge < -0.3 is 10.0 Å². The summed E-state index contributed by atoms with van der Waals surface area (Å²) in [5.74, 6) is -0.965. The van der Waals surface area contributed by atoms with Gasteiger partial charge in [0.15, 0.2) is 0 Å². The van der Waals surface area contributed by atoms with Gasteiger partial charge in [0.2, 0.25) is 0 Å². The summed E-state index contributed by atoms with van der Waals surface area (Å²) >= 11 is 0. The maximum Gasteiger partial charge on any atom is 0.335 e. The van der Waals surface area contributed by atoms with Gasteiger partial charge >= 0.3 is 12.0 Å².